The number of amides is 1. The van der Waals surface area contributed by atoms with Crippen LogP contribution in [0.4, 0.5) is 5.00 Å². The van der Waals surface area contributed by atoms with Crippen LogP contribution in [0.5, 0.6) is 5.75 Å². The van der Waals surface area contributed by atoms with Crippen molar-refractivity contribution in [2.45, 2.75) is 32.6 Å². The molecule has 1 amide bonds. The number of hydrogen-bond donors (Lipinski definition) is 1. The van der Waals surface area contributed by atoms with Gasteiger partial charge < -0.3 is 14.8 Å². The predicted molar refractivity (Wildman–Crippen MR) is 97.9 cm³/mol. The number of hydrogen-bond acceptors (Lipinski definition) is 5. The lowest BCUT2D eigenvalue weighted by atomic mass is 10.1. The highest BCUT2D eigenvalue weighted by molar-refractivity contribution is 7.15. The Kier molecular flexibility index (Phi) is 5.08. The summed E-state index contributed by atoms with van der Waals surface area (Å²) in [5, 5.41) is 5.36. The van der Waals surface area contributed by atoms with Gasteiger partial charge in [0.15, 0.2) is 0 Å². The zero-order valence-corrected chi connectivity index (χ0v) is 15.4. The molecule has 1 aromatic carbocycles. The van der Waals surface area contributed by atoms with Crippen LogP contribution in [0.2, 0.25) is 0 Å². The topological polar surface area (TPSA) is 64.6 Å². The minimum Gasteiger partial charge on any atom is -0.496 e. The Bertz CT molecular complexity index is 808. The molecule has 1 saturated carbocycles. The Morgan fingerprint density at radius 1 is 1.32 bits per heavy atom. The van der Waals surface area contributed by atoms with E-state index in [1.54, 1.807) is 19.1 Å². The summed E-state index contributed by atoms with van der Waals surface area (Å²) in [6, 6.07) is 5.42. The van der Waals surface area contributed by atoms with E-state index >= 15 is 0 Å². The lowest BCUT2D eigenvalue weighted by Crippen LogP contribution is -2.16. The first kappa shape index (κ1) is 17.5. The van der Waals surface area contributed by atoms with Crippen molar-refractivity contribution in [3.05, 3.63) is 45.8 Å². The summed E-state index contributed by atoms with van der Waals surface area (Å²) in [5.74, 6) is 0.224. The number of anilines is 1. The van der Waals surface area contributed by atoms with Gasteiger partial charge in [0.05, 0.1) is 24.8 Å². The van der Waals surface area contributed by atoms with Crippen LogP contribution in [-0.4, -0.2) is 25.6 Å². The molecule has 25 heavy (non-hydrogen) atoms. The summed E-state index contributed by atoms with van der Waals surface area (Å²) in [6.07, 6.45) is 2.14. The molecule has 1 N–H and O–H groups in total. The third-order valence-corrected chi connectivity index (χ3v) is 5.06. The molecular formula is C19H21NO4S. The van der Waals surface area contributed by atoms with Crippen molar-refractivity contribution < 1.29 is 19.1 Å². The van der Waals surface area contributed by atoms with Crippen molar-refractivity contribution in [1.29, 1.82) is 0 Å². The van der Waals surface area contributed by atoms with Crippen LogP contribution in [0.15, 0.2) is 23.6 Å². The van der Waals surface area contributed by atoms with Gasteiger partial charge in [0, 0.05) is 0 Å². The lowest BCUT2D eigenvalue weighted by Gasteiger charge is -2.11. The smallest absolute Gasteiger partial charge is 0.341 e. The summed E-state index contributed by atoms with van der Waals surface area (Å²) in [4.78, 5) is 25.1. The lowest BCUT2D eigenvalue weighted by molar-refractivity contribution is 0.0527. The third kappa shape index (κ3) is 3.69. The number of methoxy groups -OCH3 is 1. The van der Waals surface area contributed by atoms with E-state index in [0.717, 1.165) is 24.0 Å². The highest BCUT2D eigenvalue weighted by Crippen LogP contribution is 2.46. The monoisotopic (exact) mass is 359 g/mol. The van der Waals surface area contributed by atoms with E-state index in [-0.39, 0.29) is 11.9 Å². The average Bonchev–Trinajstić information content (AvgIpc) is 3.35. The molecule has 0 saturated heterocycles. The van der Waals surface area contributed by atoms with Gasteiger partial charge >= 0.3 is 5.97 Å². The molecule has 5 nitrogen and oxygen atoms in total. The maximum absolute atomic E-state index is 12.7. The number of esters is 1. The predicted octanol–water partition coefficient (Wildman–Crippen LogP) is 4.37. The number of rotatable bonds is 6. The summed E-state index contributed by atoms with van der Waals surface area (Å²) in [7, 11) is 1.53. The van der Waals surface area contributed by atoms with Crippen molar-refractivity contribution in [2.24, 2.45) is 0 Å². The molecule has 6 heteroatoms. The van der Waals surface area contributed by atoms with E-state index in [4.69, 9.17) is 9.47 Å². The second kappa shape index (κ2) is 7.27. The van der Waals surface area contributed by atoms with Crippen LogP contribution in [-0.2, 0) is 4.74 Å². The molecule has 0 aliphatic heterocycles. The molecule has 1 aliphatic rings. The summed E-state index contributed by atoms with van der Waals surface area (Å²) < 4.78 is 10.5. The molecule has 132 valence electrons. The van der Waals surface area contributed by atoms with E-state index < -0.39 is 0 Å². The van der Waals surface area contributed by atoms with Crippen LogP contribution in [0.3, 0.4) is 0 Å². The molecule has 1 heterocycles. The normalized spacial score (nSPS) is 13.4. The number of carbonyl (C=O) groups is 2. The number of ether oxygens (including phenoxy) is 2. The minimum atomic E-state index is -0.378. The van der Waals surface area contributed by atoms with E-state index in [1.165, 1.54) is 18.4 Å². The van der Waals surface area contributed by atoms with Gasteiger partial charge in [-0.15, -0.1) is 11.3 Å². The Hall–Kier alpha value is -2.34. The summed E-state index contributed by atoms with van der Waals surface area (Å²) in [5.41, 5.74) is 2.88. The van der Waals surface area contributed by atoms with Gasteiger partial charge in [0.1, 0.15) is 10.8 Å². The summed E-state index contributed by atoms with van der Waals surface area (Å²) in [6.45, 7) is 3.99. The van der Waals surface area contributed by atoms with Crippen LogP contribution < -0.4 is 10.1 Å². The fraction of sp³-hybridized carbons (Fsp3) is 0.368. The Labute approximate surface area is 151 Å². The molecule has 0 spiro atoms. The van der Waals surface area contributed by atoms with Gasteiger partial charge in [0.2, 0.25) is 0 Å². The van der Waals surface area contributed by atoms with Gasteiger partial charge in [-0.2, -0.15) is 0 Å². The number of nitrogens with one attached hydrogen (secondary N) is 1. The molecule has 0 unspecified atom stereocenters. The van der Waals surface area contributed by atoms with Crippen molar-refractivity contribution in [2.75, 3.05) is 19.0 Å². The zero-order valence-electron chi connectivity index (χ0n) is 14.5. The van der Waals surface area contributed by atoms with Crippen molar-refractivity contribution >= 4 is 28.2 Å². The molecule has 3 rings (SSSR count). The largest absolute Gasteiger partial charge is 0.496 e. The second-order valence-corrected chi connectivity index (χ2v) is 6.93. The third-order valence-electron chi connectivity index (χ3n) is 4.14. The van der Waals surface area contributed by atoms with E-state index in [1.807, 2.05) is 18.4 Å². The molecule has 1 aliphatic carbocycles. The fourth-order valence-corrected chi connectivity index (χ4v) is 3.77. The van der Waals surface area contributed by atoms with E-state index in [2.05, 4.69) is 5.32 Å². The molecule has 2 aromatic rings. The van der Waals surface area contributed by atoms with Gasteiger partial charge in [-0.1, -0.05) is 11.6 Å². The van der Waals surface area contributed by atoms with E-state index in [9.17, 15) is 9.59 Å². The molecular weight excluding hydrogens is 338 g/mol. The average molecular weight is 359 g/mol. The van der Waals surface area contributed by atoms with Crippen molar-refractivity contribution in [3.63, 3.8) is 0 Å². The van der Waals surface area contributed by atoms with Crippen molar-refractivity contribution in [3.8, 4) is 5.75 Å². The van der Waals surface area contributed by atoms with Crippen LogP contribution >= 0.6 is 11.3 Å². The quantitative estimate of drug-likeness (QED) is 0.778. The molecule has 0 radical (unpaired) electrons. The first-order chi connectivity index (χ1) is 12.0. The highest BCUT2D eigenvalue weighted by Gasteiger charge is 2.32. The molecule has 0 bridgehead atoms. The Balaban J connectivity index is 1.91. The molecule has 1 aromatic heterocycles. The van der Waals surface area contributed by atoms with Crippen LogP contribution in [0.25, 0.3) is 0 Å². The number of aryl methyl sites for hydroxylation is 1. The SMILES string of the molecule is CCOC(=O)c1c(C2CC2)csc1NC(=O)c1cc(C)ccc1OC. The zero-order chi connectivity index (χ0) is 18.0. The number of thiophene rings is 1. The van der Waals surface area contributed by atoms with Gasteiger partial charge in [-0.05, 0) is 55.7 Å². The minimum absolute atomic E-state index is 0.296. The number of carbonyl (C=O) groups excluding carboxylic acids is 2. The second-order valence-electron chi connectivity index (χ2n) is 6.05. The first-order valence-electron chi connectivity index (χ1n) is 8.29. The fourth-order valence-electron chi connectivity index (χ4n) is 2.74. The van der Waals surface area contributed by atoms with Crippen LogP contribution in [0.1, 0.15) is 57.5 Å². The van der Waals surface area contributed by atoms with Gasteiger partial charge in [-0.3, -0.25) is 4.79 Å². The summed E-state index contributed by atoms with van der Waals surface area (Å²) >= 11 is 1.37. The maximum atomic E-state index is 12.7. The van der Waals surface area contributed by atoms with Gasteiger partial charge in [-0.25, -0.2) is 4.79 Å². The Morgan fingerprint density at radius 2 is 2.08 bits per heavy atom. The molecule has 0 atom stereocenters. The first-order valence-corrected chi connectivity index (χ1v) is 9.17. The van der Waals surface area contributed by atoms with Gasteiger partial charge in [0.25, 0.3) is 5.91 Å². The Morgan fingerprint density at radius 3 is 2.72 bits per heavy atom. The van der Waals surface area contributed by atoms with Crippen molar-refractivity contribution in [1.82, 2.24) is 0 Å². The maximum Gasteiger partial charge on any atom is 0.341 e. The van der Waals surface area contributed by atoms with Crippen LogP contribution in [0, 0.1) is 6.92 Å². The van der Waals surface area contributed by atoms with E-state index in [0.29, 0.717) is 34.4 Å². The highest BCUT2D eigenvalue weighted by atomic mass is 32.1. The number of benzene rings is 1. The molecule has 1 fully saturated rings. The standard InChI is InChI=1S/C19H21NO4S/c1-4-24-19(22)16-14(12-6-7-12)10-25-18(16)20-17(21)13-9-11(2)5-8-15(13)23-3/h5,8-10,12H,4,6-7H2,1-3H3,(H,20,21).